The summed E-state index contributed by atoms with van der Waals surface area (Å²) < 4.78 is 4.42. The second kappa shape index (κ2) is 6.26. The van der Waals surface area contributed by atoms with Crippen molar-refractivity contribution in [2.75, 3.05) is 41.7 Å². The molecule has 0 aromatic carbocycles. The number of pyridine rings is 1. The molecule has 1 saturated heterocycles. The lowest BCUT2D eigenvalue weighted by molar-refractivity contribution is 0.651. The molecule has 2 N–H and O–H groups in total. The molecule has 3 rings (SSSR count). The van der Waals surface area contributed by atoms with E-state index in [4.69, 9.17) is 5.73 Å². The van der Waals surface area contributed by atoms with Crippen molar-refractivity contribution in [2.24, 2.45) is 0 Å². The highest BCUT2D eigenvalue weighted by Crippen LogP contribution is 2.25. The Balaban J connectivity index is 1.63. The van der Waals surface area contributed by atoms with Crippen molar-refractivity contribution < 1.29 is 0 Å². The quantitative estimate of drug-likeness (QED) is 0.928. The Morgan fingerprint density at radius 1 is 1.24 bits per heavy atom. The number of hydrogen-bond donors (Lipinski definition) is 1. The minimum absolute atomic E-state index is 0.743. The molecule has 0 amide bonds. The molecule has 0 atom stereocenters. The van der Waals surface area contributed by atoms with Crippen LogP contribution in [0.2, 0.25) is 0 Å². The van der Waals surface area contributed by atoms with Crippen LogP contribution in [-0.4, -0.2) is 40.5 Å². The lowest BCUT2D eigenvalue weighted by Crippen LogP contribution is -2.46. The third kappa shape index (κ3) is 3.07. The summed E-state index contributed by atoms with van der Waals surface area (Å²) in [4.78, 5) is 13.3. The third-order valence-electron chi connectivity index (χ3n) is 3.65. The first kappa shape index (κ1) is 14.1. The van der Waals surface area contributed by atoms with Gasteiger partial charge in [-0.2, -0.15) is 4.37 Å². The Morgan fingerprint density at radius 2 is 2.00 bits per heavy atom. The molecule has 1 aliphatic heterocycles. The Bertz CT molecular complexity index is 591. The number of anilines is 3. The van der Waals surface area contributed by atoms with Crippen LogP contribution in [0, 0.1) is 0 Å². The molecule has 0 radical (unpaired) electrons. The highest BCUT2D eigenvalue weighted by molar-refractivity contribution is 7.09. The fourth-order valence-electron chi connectivity index (χ4n) is 2.52. The van der Waals surface area contributed by atoms with Gasteiger partial charge in [0.25, 0.3) is 0 Å². The summed E-state index contributed by atoms with van der Waals surface area (Å²) >= 11 is 1.51. The molecule has 7 heteroatoms. The second-order valence-electron chi connectivity index (χ2n) is 5.15. The Labute approximate surface area is 128 Å². The smallest absolute Gasteiger partial charge is 0.205 e. The van der Waals surface area contributed by atoms with Crippen LogP contribution in [0.1, 0.15) is 19.2 Å². The Kier molecular flexibility index (Phi) is 4.19. The first-order chi connectivity index (χ1) is 10.3. The van der Waals surface area contributed by atoms with Gasteiger partial charge < -0.3 is 15.5 Å². The molecule has 0 spiro atoms. The van der Waals surface area contributed by atoms with Gasteiger partial charge in [0.05, 0.1) is 17.6 Å². The first-order valence-corrected chi connectivity index (χ1v) is 8.07. The predicted octanol–water partition coefficient (Wildman–Crippen LogP) is 1.79. The standard InChI is InChI=1S/C14H20N6S/c1-2-3-13-17-14(21-18-13)20-8-6-19(7-9-20)12-4-5-16-10-11(12)15/h4-5,10H,2-3,6-9,15H2,1H3. The van der Waals surface area contributed by atoms with Crippen molar-refractivity contribution in [1.82, 2.24) is 14.3 Å². The second-order valence-corrected chi connectivity index (χ2v) is 5.88. The SMILES string of the molecule is CCCc1nsc(N2CCN(c3ccncc3N)CC2)n1. The lowest BCUT2D eigenvalue weighted by Gasteiger charge is -2.36. The summed E-state index contributed by atoms with van der Waals surface area (Å²) in [6.07, 6.45) is 5.55. The summed E-state index contributed by atoms with van der Waals surface area (Å²) in [6, 6.07) is 1.98. The van der Waals surface area contributed by atoms with Crippen LogP contribution in [0.15, 0.2) is 18.5 Å². The molecule has 0 unspecified atom stereocenters. The van der Waals surface area contributed by atoms with Crippen molar-refractivity contribution in [3.63, 3.8) is 0 Å². The molecule has 3 heterocycles. The Hall–Kier alpha value is -1.89. The molecule has 1 fully saturated rings. The van der Waals surface area contributed by atoms with Crippen molar-refractivity contribution in [2.45, 2.75) is 19.8 Å². The van der Waals surface area contributed by atoms with E-state index in [-0.39, 0.29) is 0 Å². The molecule has 112 valence electrons. The summed E-state index contributed by atoms with van der Waals surface area (Å²) in [7, 11) is 0. The van der Waals surface area contributed by atoms with Gasteiger partial charge in [0.15, 0.2) is 0 Å². The van der Waals surface area contributed by atoms with Crippen LogP contribution < -0.4 is 15.5 Å². The molecule has 0 saturated carbocycles. The van der Waals surface area contributed by atoms with Gasteiger partial charge in [0.2, 0.25) is 5.13 Å². The fraction of sp³-hybridized carbons (Fsp3) is 0.500. The van der Waals surface area contributed by atoms with E-state index in [1.54, 1.807) is 12.4 Å². The molecular formula is C14H20N6S. The summed E-state index contributed by atoms with van der Waals surface area (Å²) in [6.45, 7) is 5.93. The molecule has 6 nitrogen and oxygen atoms in total. The van der Waals surface area contributed by atoms with Crippen molar-refractivity contribution in [3.05, 3.63) is 24.3 Å². The average Bonchev–Trinajstić information content (AvgIpc) is 2.97. The molecule has 0 bridgehead atoms. The molecule has 1 aliphatic rings. The van der Waals surface area contributed by atoms with E-state index in [1.165, 1.54) is 11.5 Å². The lowest BCUT2D eigenvalue weighted by atomic mass is 10.2. The largest absolute Gasteiger partial charge is 0.396 e. The minimum atomic E-state index is 0.743. The van der Waals surface area contributed by atoms with Crippen LogP contribution in [0.4, 0.5) is 16.5 Å². The van der Waals surface area contributed by atoms with Gasteiger partial charge >= 0.3 is 0 Å². The van der Waals surface area contributed by atoms with E-state index in [9.17, 15) is 0 Å². The fourth-order valence-corrected chi connectivity index (χ4v) is 3.29. The van der Waals surface area contributed by atoms with Crippen LogP contribution >= 0.6 is 11.5 Å². The van der Waals surface area contributed by atoms with Gasteiger partial charge in [0, 0.05) is 50.3 Å². The number of hydrogen-bond acceptors (Lipinski definition) is 7. The topological polar surface area (TPSA) is 71.2 Å². The molecule has 2 aromatic rings. The van der Waals surface area contributed by atoms with Gasteiger partial charge in [-0.25, -0.2) is 4.98 Å². The predicted molar refractivity (Wildman–Crippen MR) is 87.0 cm³/mol. The Morgan fingerprint density at radius 3 is 2.71 bits per heavy atom. The van der Waals surface area contributed by atoms with E-state index in [1.807, 2.05) is 6.07 Å². The van der Waals surface area contributed by atoms with Crippen molar-refractivity contribution >= 4 is 28.0 Å². The maximum absolute atomic E-state index is 6.00. The molecule has 2 aromatic heterocycles. The van der Waals surface area contributed by atoms with Gasteiger partial charge in [0.1, 0.15) is 5.82 Å². The number of nitrogens with zero attached hydrogens (tertiary/aromatic N) is 5. The average molecular weight is 304 g/mol. The number of nitrogen functional groups attached to an aromatic ring is 1. The maximum atomic E-state index is 6.00. The zero-order chi connectivity index (χ0) is 14.7. The van der Waals surface area contributed by atoms with Crippen LogP contribution in [0.25, 0.3) is 0 Å². The number of aromatic nitrogens is 3. The van der Waals surface area contributed by atoms with E-state index in [0.29, 0.717) is 0 Å². The van der Waals surface area contributed by atoms with Gasteiger partial charge in [-0.05, 0) is 12.5 Å². The van der Waals surface area contributed by atoms with Crippen molar-refractivity contribution in [1.29, 1.82) is 0 Å². The first-order valence-electron chi connectivity index (χ1n) is 7.30. The van der Waals surface area contributed by atoms with E-state index >= 15 is 0 Å². The third-order valence-corrected chi connectivity index (χ3v) is 4.46. The minimum Gasteiger partial charge on any atom is -0.396 e. The molecule has 21 heavy (non-hydrogen) atoms. The van der Waals surface area contributed by atoms with Gasteiger partial charge in [-0.1, -0.05) is 6.92 Å². The highest BCUT2D eigenvalue weighted by Gasteiger charge is 2.21. The van der Waals surface area contributed by atoms with E-state index in [2.05, 4.69) is 31.1 Å². The number of nitrogens with two attached hydrogens (primary N) is 1. The van der Waals surface area contributed by atoms with Gasteiger partial charge in [-0.3, -0.25) is 4.98 Å². The number of piperazine rings is 1. The maximum Gasteiger partial charge on any atom is 0.205 e. The van der Waals surface area contributed by atoms with Gasteiger partial charge in [-0.15, -0.1) is 0 Å². The molecule has 0 aliphatic carbocycles. The summed E-state index contributed by atoms with van der Waals surface area (Å²) in [5.74, 6) is 0.971. The zero-order valence-electron chi connectivity index (χ0n) is 12.2. The van der Waals surface area contributed by atoms with Crippen LogP contribution in [-0.2, 0) is 6.42 Å². The number of aryl methyl sites for hydroxylation is 1. The monoisotopic (exact) mass is 304 g/mol. The van der Waals surface area contributed by atoms with Crippen molar-refractivity contribution in [3.8, 4) is 0 Å². The zero-order valence-corrected chi connectivity index (χ0v) is 13.0. The number of rotatable bonds is 4. The normalized spacial score (nSPS) is 15.5. The van der Waals surface area contributed by atoms with Crippen LogP contribution in [0.5, 0.6) is 0 Å². The van der Waals surface area contributed by atoms with E-state index in [0.717, 1.165) is 61.4 Å². The summed E-state index contributed by atoms with van der Waals surface area (Å²) in [5, 5.41) is 1.04. The summed E-state index contributed by atoms with van der Waals surface area (Å²) in [5.41, 5.74) is 7.82. The van der Waals surface area contributed by atoms with Crippen LogP contribution in [0.3, 0.4) is 0 Å². The molecular weight excluding hydrogens is 284 g/mol. The highest BCUT2D eigenvalue weighted by atomic mass is 32.1. The van der Waals surface area contributed by atoms with E-state index < -0.39 is 0 Å².